The zero-order valence-electron chi connectivity index (χ0n) is 16.4. The lowest BCUT2D eigenvalue weighted by atomic mass is 9.95. The first-order chi connectivity index (χ1) is 13.6. The van der Waals surface area contributed by atoms with Crippen molar-refractivity contribution in [3.63, 3.8) is 0 Å². The van der Waals surface area contributed by atoms with Crippen LogP contribution < -0.4 is 10.6 Å². The third kappa shape index (κ3) is 5.67. The maximum Gasteiger partial charge on any atom is 0.251 e. The molecule has 0 aliphatic carbocycles. The number of likely N-dealkylation sites (tertiary alicyclic amines) is 1. The molecule has 1 aliphatic heterocycles. The van der Waals surface area contributed by atoms with E-state index in [1.54, 1.807) is 24.3 Å². The fourth-order valence-electron chi connectivity index (χ4n) is 3.60. The van der Waals surface area contributed by atoms with Crippen LogP contribution in [0.25, 0.3) is 0 Å². The highest BCUT2D eigenvalue weighted by atomic mass is 16.2. The second kappa shape index (κ2) is 10.0. The first-order valence-corrected chi connectivity index (χ1v) is 10.0. The number of amides is 2. The summed E-state index contributed by atoms with van der Waals surface area (Å²) in [6.07, 6.45) is 2.37. The van der Waals surface area contributed by atoms with E-state index in [0.717, 1.165) is 19.0 Å². The van der Waals surface area contributed by atoms with Gasteiger partial charge in [-0.2, -0.15) is 0 Å². The number of rotatable bonds is 7. The third-order valence-corrected chi connectivity index (χ3v) is 5.38. The van der Waals surface area contributed by atoms with Crippen LogP contribution in [0.4, 0.5) is 0 Å². The molecule has 1 heterocycles. The van der Waals surface area contributed by atoms with Gasteiger partial charge in [-0.1, -0.05) is 55.5 Å². The molecule has 5 nitrogen and oxygen atoms in total. The van der Waals surface area contributed by atoms with Gasteiger partial charge in [0.15, 0.2) is 0 Å². The second-order valence-electron chi connectivity index (χ2n) is 7.50. The minimum Gasteiger partial charge on any atom is -0.353 e. The van der Waals surface area contributed by atoms with E-state index in [1.165, 1.54) is 18.4 Å². The van der Waals surface area contributed by atoms with Gasteiger partial charge in [0.2, 0.25) is 5.91 Å². The normalized spacial score (nSPS) is 16.3. The third-order valence-electron chi connectivity index (χ3n) is 5.38. The van der Waals surface area contributed by atoms with E-state index in [1.807, 2.05) is 24.3 Å². The first-order valence-electron chi connectivity index (χ1n) is 10.0. The smallest absolute Gasteiger partial charge is 0.251 e. The van der Waals surface area contributed by atoms with Crippen molar-refractivity contribution < 1.29 is 9.59 Å². The number of nitrogens with zero attached hydrogens (tertiary/aromatic N) is 1. The molecule has 1 aliphatic rings. The first kappa shape index (κ1) is 20.1. The summed E-state index contributed by atoms with van der Waals surface area (Å²) in [6.45, 7) is 4.90. The summed E-state index contributed by atoms with van der Waals surface area (Å²) in [6, 6.07) is 19.4. The van der Waals surface area contributed by atoms with Crippen molar-refractivity contribution in [2.45, 2.75) is 25.8 Å². The zero-order valence-corrected chi connectivity index (χ0v) is 16.4. The van der Waals surface area contributed by atoms with Gasteiger partial charge in [-0.05, 0) is 49.5 Å². The van der Waals surface area contributed by atoms with Crippen molar-refractivity contribution in [1.82, 2.24) is 15.5 Å². The van der Waals surface area contributed by atoms with Gasteiger partial charge in [-0.3, -0.25) is 14.5 Å². The Labute approximate surface area is 167 Å². The standard InChI is InChI=1S/C23H29N3O2/c1-18-12-14-26(15-13-18)21(19-8-4-2-5-9-19)16-24-22(27)17-25-23(28)20-10-6-3-7-11-20/h2-11,18,21H,12-17H2,1H3,(H,24,27)(H,25,28). The van der Waals surface area contributed by atoms with Crippen LogP contribution >= 0.6 is 0 Å². The highest BCUT2D eigenvalue weighted by Crippen LogP contribution is 2.26. The van der Waals surface area contributed by atoms with Gasteiger partial charge in [0, 0.05) is 12.1 Å². The van der Waals surface area contributed by atoms with Gasteiger partial charge in [0.05, 0.1) is 12.6 Å². The topological polar surface area (TPSA) is 61.4 Å². The van der Waals surface area contributed by atoms with Crippen LogP contribution in [0.2, 0.25) is 0 Å². The maximum absolute atomic E-state index is 12.3. The summed E-state index contributed by atoms with van der Waals surface area (Å²) in [5.74, 6) is 0.353. The fraction of sp³-hybridized carbons (Fsp3) is 0.391. The maximum atomic E-state index is 12.3. The number of hydrogen-bond acceptors (Lipinski definition) is 3. The molecule has 28 heavy (non-hydrogen) atoms. The molecule has 3 rings (SSSR count). The van der Waals surface area contributed by atoms with Crippen LogP contribution in [0, 0.1) is 5.92 Å². The van der Waals surface area contributed by atoms with E-state index in [-0.39, 0.29) is 24.4 Å². The van der Waals surface area contributed by atoms with Gasteiger partial charge < -0.3 is 10.6 Å². The fourth-order valence-corrected chi connectivity index (χ4v) is 3.60. The van der Waals surface area contributed by atoms with Crippen molar-refractivity contribution >= 4 is 11.8 Å². The summed E-state index contributed by atoms with van der Waals surface area (Å²) < 4.78 is 0. The summed E-state index contributed by atoms with van der Waals surface area (Å²) in [4.78, 5) is 26.8. The van der Waals surface area contributed by atoms with Crippen LogP contribution in [-0.4, -0.2) is 42.9 Å². The van der Waals surface area contributed by atoms with Crippen LogP contribution in [0.1, 0.15) is 41.7 Å². The Morgan fingerprint density at radius 3 is 2.21 bits per heavy atom. The number of nitrogens with one attached hydrogen (secondary N) is 2. The second-order valence-corrected chi connectivity index (χ2v) is 7.50. The molecule has 1 fully saturated rings. The van der Waals surface area contributed by atoms with Crippen molar-refractivity contribution in [3.05, 3.63) is 71.8 Å². The van der Waals surface area contributed by atoms with E-state index < -0.39 is 0 Å². The minimum atomic E-state index is -0.236. The largest absolute Gasteiger partial charge is 0.353 e. The summed E-state index contributed by atoms with van der Waals surface area (Å²) >= 11 is 0. The molecule has 148 valence electrons. The highest BCUT2D eigenvalue weighted by molar-refractivity contribution is 5.96. The molecule has 2 N–H and O–H groups in total. The molecule has 1 saturated heterocycles. The lowest BCUT2D eigenvalue weighted by molar-refractivity contribution is -0.120. The van der Waals surface area contributed by atoms with E-state index >= 15 is 0 Å². The summed E-state index contributed by atoms with van der Waals surface area (Å²) in [5.41, 5.74) is 1.77. The molecule has 1 atom stereocenters. The summed E-state index contributed by atoms with van der Waals surface area (Å²) in [7, 11) is 0. The number of carbonyl (C=O) groups excluding carboxylic acids is 2. The lowest BCUT2D eigenvalue weighted by Gasteiger charge is -2.37. The van der Waals surface area contributed by atoms with Crippen molar-refractivity contribution in [2.75, 3.05) is 26.2 Å². The average Bonchev–Trinajstić information content (AvgIpc) is 2.75. The van der Waals surface area contributed by atoms with Crippen molar-refractivity contribution in [1.29, 1.82) is 0 Å². The van der Waals surface area contributed by atoms with Crippen LogP contribution in [0.15, 0.2) is 60.7 Å². The Morgan fingerprint density at radius 1 is 0.964 bits per heavy atom. The zero-order chi connectivity index (χ0) is 19.8. The van der Waals surface area contributed by atoms with Gasteiger partial charge in [0.1, 0.15) is 0 Å². The van der Waals surface area contributed by atoms with Gasteiger partial charge in [-0.15, -0.1) is 0 Å². The van der Waals surface area contributed by atoms with E-state index in [2.05, 4.69) is 34.6 Å². The quantitative estimate of drug-likeness (QED) is 0.777. The monoisotopic (exact) mass is 379 g/mol. The minimum absolute atomic E-state index is 0.0216. The number of piperidine rings is 1. The van der Waals surface area contributed by atoms with Crippen molar-refractivity contribution in [3.8, 4) is 0 Å². The molecule has 0 spiro atoms. The molecule has 2 aromatic carbocycles. The van der Waals surface area contributed by atoms with E-state index in [4.69, 9.17) is 0 Å². The Bertz CT molecular complexity index is 756. The molecule has 2 aromatic rings. The molecular weight excluding hydrogens is 350 g/mol. The molecule has 0 saturated carbocycles. The van der Waals surface area contributed by atoms with Gasteiger partial charge in [-0.25, -0.2) is 0 Å². The Hall–Kier alpha value is -2.66. The van der Waals surface area contributed by atoms with Crippen molar-refractivity contribution in [2.24, 2.45) is 5.92 Å². The van der Waals surface area contributed by atoms with Crippen LogP contribution in [0.3, 0.4) is 0 Å². The Kier molecular flexibility index (Phi) is 7.20. The summed E-state index contributed by atoms with van der Waals surface area (Å²) in [5, 5.41) is 5.68. The highest BCUT2D eigenvalue weighted by Gasteiger charge is 2.25. The predicted molar refractivity (Wildman–Crippen MR) is 111 cm³/mol. The number of benzene rings is 2. The Morgan fingerprint density at radius 2 is 1.57 bits per heavy atom. The molecule has 5 heteroatoms. The molecule has 0 radical (unpaired) electrons. The van der Waals surface area contributed by atoms with Crippen LogP contribution in [0.5, 0.6) is 0 Å². The predicted octanol–water partition coefficient (Wildman–Crippen LogP) is 3.01. The van der Waals surface area contributed by atoms with Gasteiger partial charge in [0.25, 0.3) is 5.91 Å². The van der Waals surface area contributed by atoms with Crippen LogP contribution in [-0.2, 0) is 4.79 Å². The van der Waals surface area contributed by atoms with E-state index in [0.29, 0.717) is 12.1 Å². The lowest BCUT2D eigenvalue weighted by Crippen LogP contribution is -2.44. The molecule has 0 bridgehead atoms. The Balaban J connectivity index is 1.54. The number of hydrogen-bond donors (Lipinski definition) is 2. The van der Waals surface area contributed by atoms with Gasteiger partial charge >= 0.3 is 0 Å². The average molecular weight is 380 g/mol. The molecular formula is C23H29N3O2. The molecule has 0 aromatic heterocycles. The molecule has 2 amide bonds. The molecule has 1 unspecified atom stereocenters. The SMILES string of the molecule is CC1CCN(C(CNC(=O)CNC(=O)c2ccccc2)c2ccccc2)CC1. The van der Waals surface area contributed by atoms with E-state index in [9.17, 15) is 9.59 Å². The number of carbonyl (C=O) groups is 2.